The first kappa shape index (κ1) is 22.4. The molecule has 1 saturated heterocycles. The van der Waals surface area contributed by atoms with Crippen molar-refractivity contribution in [2.75, 3.05) is 39.9 Å². The van der Waals surface area contributed by atoms with Gasteiger partial charge in [0.2, 0.25) is 0 Å². The summed E-state index contributed by atoms with van der Waals surface area (Å²) in [6.45, 7) is 4.96. The Kier molecular flexibility index (Phi) is 7.17. The molecular formula is C25H31N3O4. The van der Waals surface area contributed by atoms with Gasteiger partial charge < -0.3 is 14.6 Å². The first-order valence-electron chi connectivity index (χ1n) is 11.4. The number of aromatic nitrogens is 1. The number of rotatable bonds is 9. The smallest absolute Gasteiger partial charge is 0.263 e. The number of ether oxygens (including phenoxy) is 1. The van der Waals surface area contributed by atoms with E-state index < -0.39 is 5.91 Å². The molecule has 0 radical (unpaired) electrons. The number of morpholine rings is 1. The van der Waals surface area contributed by atoms with Gasteiger partial charge in [-0.2, -0.15) is 0 Å². The highest BCUT2D eigenvalue weighted by Crippen LogP contribution is 2.44. The molecule has 1 amide bonds. The van der Waals surface area contributed by atoms with Crippen LogP contribution in [0.25, 0.3) is 0 Å². The number of carbonyl (C=O) groups excluding carboxylic acids is 2. The van der Waals surface area contributed by atoms with Crippen molar-refractivity contribution in [1.82, 2.24) is 14.8 Å². The highest BCUT2D eigenvalue weighted by Gasteiger charge is 2.38. The summed E-state index contributed by atoms with van der Waals surface area (Å²) in [6, 6.07) is 11.0. The summed E-state index contributed by atoms with van der Waals surface area (Å²) in [5.41, 5.74) is 0.985. The molecule has 1 aromatic carbocycles. The monoisotopic (exact) mass is 437 g/mol. The molecule has 7 nitrogen and oxygen atoms in total. The second-order valence-corrected chi connectivity index (χ2v) is 8.77. The van der Waals surface area contributed by atoms with Gasteiger partial charge >= 0.3 is 0 Å². The Morgan fingerprint density at radius 2 is 1.88 bits per heavy atom. The van der Waals surface area contributed by atoms with E-state index >= 15 is 0 Å². The number of hydrogen-bond donors (Lipinski definition) is 1. The van der Waals surface area contributed by atoms with E-state index in [-0.39, 0.29) is 16.9 Å². The highest BCUT2D eigenvalue weighted by molar-refractivity contribution is 6.00. The fourth-order valence-corrected chi connectivity index (χ4v) is 4.43. The lowest BCUT2D eigenvalue weighted by Gasteiger charge is -2.26. The fraction of sp³-hybridized carbons (Fsp3) is 0.480. The SMILES string of the molecule is CNC(=O)c1cc(C(=O)C[C@@H]2C[C@H]2CCN2CCOCC2)cn(Cc2ccccc2)c1=O. The number of benzene rings is 1. The van der Waals surface area contributed by atoms with Gasteiger partial charge in [-0.05, 0) is 42.9 Å². The lowest BCUT2D eigenvalue weighted by atomic mass is 10.0. The van der Waals surface area contributed by atoms with E-state index in [4.69, 9.17) is 4.74 Å². The van der Waals surface area contributed by atoms with E-state index in [1.165, 1.54) is 17.7 Å². The number of nitrogens with zero attached hydrogens (tertiary/aromatic N) is 2. The number of nitrogens with one attached hydrogen (secondary N) is 1. The van der Waals surface area contributed by atoms with E-state index in [9.17, 15) is 14.4 Å². The standard InChI is InChI=1S/C25H31N3O4/c1-26-24(30)22-14-21(17-28(25(22)31)16-18-5-3-2-4-6-18)23(29)15-20-13-19(20)7-8-27-9-11-32-12-10-27/h2-6,14,17,19-20H,7-13,15-16H2,1H3,(H,26,30)/t19-,20+/m1/s1. The van der Waals surface area contributed by atoms with Gasteiger partial charge in [-0.25, -0.2) is 0 Å². The third-order valence-corrected chi connectivity index (χ3v) is 6.51. The molecule has 1 aliphatic heterocycles. The maximum Gasteiger partial charge on any atom is 0.263 e. The van der Waals surface area contributed by atoms with Crippen LogP contribution in [0.2, 0.25) is 0 Å². The lowest BCUT2D eigenvalue weighted by Crippen LogP contribution is -2.37. The van der Waals surface area contributed by atoms with Gasteiger partial charge in [0.25, 0.3) is 11.5 Å². The molecule has 1 saturated carbocycles. The van der Waals surface area contributed by atoms with Gasteiger partial charge in [0, 0.05) is 38.3 Å². The Labute approximate surface area is 188 Å². The van der Waals surface area contributed by atoms with Crippen LogP contribution in [0.3, 0.4) is 0 Å². The summed E-state index contributed by atoms with van der Waals surface area (Å²) >= 11 is 0. The van der Waals surface area contributed by atoms with Crippen molar-refractivity contribution < 1.29 is 14.3 Å². The Morgan fingerprint density at radius 1 is 1.12 bits per heavy atom. The van der Waals surface area contributed by atoms with Crippen LogP contribution in [0, 0.1) is 11.8 Å². The van der Waals surface area contributed by atoms with Crippen molar-refractivity contribution in [3.63, 3.8) is 0 Å². The molecule has 32 heavy (non-hydrogen) atoms. The van der Waals surface area contributed by atoms with Crippen molar-refractivity contribution in [3.8, 4) is 0 Å². The number of carbonyl (C=O) groups is 2. The average molecular weight is 438 g/mol. The van der Waals surface area contributed by atoms with Crippen molar-refractivity contribution in [3.05, 3.63) is 69.6 Å². The summed E-state index contributed by atoms with van der Waals surface area (Å²) in [6.07, 6.45) is 4.25. The maximum absolute atomic E-state index is 13.1. The van der Waals surface area contributed by atoms with Crippen LogP contribution in [-0.4, -0.2) is 61.1 Å². The zero-order chi connectivity index (χ0) is 22.5. The third-order valence-electron chi connectivity index (χ3n) is 6.51. The fourth-order valence-electron chi connectivity index (χ4n) is 4.43. The minimum absolute atomic E-state index is 0.00385. The molecule has 2 fully saturated rings. The lowest BCUT2D eigenvalue weighted by molar-refractivity contribution is 0.0366. The zero-order valence-electron chi connectivity index (χ0n) is 18.6. The molecule has 2 atom stereocenters. The van der Waals surface area contributed by atoms with Crippen molar-refractivity contribution >= 4 is 11.7 Å². The number of ketones is 1. The summed E-state index contributed by atoms with van der Waals surface area (Å²) in [4.78, 5) is 40.6. The summed E-state index contributed by atoms with van der Waals surface area (Å²) in [7, 11) is 1.49. The number of pyridine rings is 1. The zero-order valence-corrected chi connectivity index (χ0v) is 18.6. The molecule has 1 N–H and O–H groups in total. The summed E-state index contributed by atoms with van der Waals surface area (Å²) < 4.78 is 6.86. The Bertz CT molecular complexity index is 1010. The molecular weight excluding hydrogens is 406 g/mol. The van der Waals surface area contributed by atoms with Crippen LogP contribution >= 0.6 is 0 Å². The molecule has 2 aliphatic rings. The molecule has 7 heteroatoms. The molecule has 170 valence electrons. The topological polar surface area (TPSA) is 80.6 Å². The minimum Gasteiger partial charge on any atom is -0.379 e. The van der Waals surface area contributed by atoms with Crippen LogP contribution in [0.4, 0.5) is 0 Å². The van der Waals surface area contributed by atoms with Gasteiger partial charge in [0.1, 0.15) is 5.56 Å². The predicted octanol–water partition coefficient (Wildman–Crippen LogP) is 2.19. The van der Waals surface area contributed by atoms with E-state index in [0.717, 1.165) is 51.3 Å². The van der Waals surface area contributed by atoms with Crippen molar-refractivity contribution in [2.45, 2.75) is 25.8 Å². The van der Waals surface area contributed by atoms with E-state index in [1.807, 2.05) is 30.3 Å². The summed E-state index contributed by atoms with van der Waals surface area (Å²) in [5, 5.41) is 2.51. The third kappa shape index (κ3) is 5.53. The van der Waals surface area contributed by atoms with E-state index in [0.29, 0.717) is 30.4 Å². The first-order valence-corrected chi connectivity index (χ1v) is 11.4. The van der Waals surface area contributed by atoms with Gasteiger partial charge in [-0.15, -0.1) is 0 Å². The minimum atomic E-state index is -0.471. The van der Waals surface area contributed by atoms with Crippen LogP contribution in [0.15, 0.2) is 47.4 Å². The van der Waals surface area contributed by atoms with Crippen molar-refractivity contribution in [2.24, 2.45) is 11.8 Å². The van der Waals surface area contributed by atoms with Gasteiger partial charge in [0.05, 0.1) is 19.8 Å². The van der Waals surface area contributed by atoms with Crippen LogP contribution < -0.4 is 10.9 Å². The second kappa shape index (κ2) is 10.2. The maximum atomic E-state index is 13.1. The van der Waals surface area contributed by atoms with Crippen LogP contribution in [0.1, 0.15) is 45.5 Å². The molecule has 0 spiro atoms. The largest absolute Gasteiger partial charge is 0.379 e. The van der Waals surface area contributed by atoms with Gasteiger partial charge in [-0.1, -0.05) is 30.3 Å². The van der Waals surface area contributed by atoms with E-state index in [1.54, 1.807) is 6.20 Å². The highest BCUT2D eigenvalue weighted by atomic mass is 16.5. The molecule has 2 aromatic rings. The predicted molar refractivity (Wildman–Crippen MR) is 122 cm³/mol. The van der Waals surface area contributed by atoms with Crippen LogP contribution in [0.5, 0.6) is 0 Å². The number of hydrogen-bond acceptors (Lipinski definition) is 5. The van der Waals surface area contributed by atoms with Crippen molar-refractivity contribution in [1.29, 1.82) is 0 Å². The average Bonchev–Trinajstić information content (AvgIpc) is 3.57. The quantitative estimate of drug-likeness (QED) is 0.609. The van der Waals surface area contributed by atoms with Gasteiger partial charge in [0.15, 0.2) is 5.78 Å². The Balaban J connectivity index is 1.43. The number of Topliss-reactive ketones (excluding diaryl/α,β-unsaturated/α-hetero) is 1. The normalized spacial score (nSPS) is 20.7. The number of amides is 1. The molecule has 0 bridgehead atoms. The Hall–Kier alpha value is -2.77. The second-order valence-electron chi connectivity index (χ2n) is 8.77. The summed E-state index contributed by atoms with van der Waals surface area (Å²) in [5.74, 6) is 0.494. The van der Waals surface area contributed by atoms with E-state index in [2.05, 4.69) is 10.2 Å². The molecule has 4 rings (SSSR count). The Morgan fingerprint density at radius 3 is 2.59 bits per heavy atom. The van der Waals surface area contributed by atoms with Gasteiger partial charge in [-0.3, -0.25) is 19.3 Å². The molecule has 1 aliphatic carbocycles. The molecule has 0 unspecified atom stereocenters. The van der Waals surface area contributed by atoms with Crippen LogP contribution in [-0.2, 0) is 11.3 Å². The first-order chi connectivity index (χ1) is 15.5. The molecule has 2 heterocycles. The molecule has 1 aromatic heterocycles.